The number of pyridine rings is 1. The summed E-state index contributed by atoms with van der Waals surface area (Å²) in [5, 5.41) is 9.25. The van der Waals surface area contributed by atoms with Crippen molar-refractivity contribution >= 4 is 28.9 Å². The average Bonchev–Trinajstić information content (AvgIpc) is 3.70. The third-order valence-electron chi connectivity index (χ3n) is 9.91. The molecule has 1 fully saturated rings. The van der Waals surface area contributed by atoms with Crippen molar-refractivity contribution in [1.29, 1.82) is 0 Å². The Bertz CT molecular complexity index is 1990. The number of benzene rings is 1. The number of fused-ring (bicyclic) bond motifs is 8. The molecule has 1 saturated heterocycles. The Morgan fingerprint density at radius 2 is 2.00 bits per heavy atom. The van der Waals surface area contributed by atoms with Crippen LogP contribution in [0.1, 0.15) is 83.5 Å². The molecule has 3 aliphatic rings. The topological polar surface area (TPSA) is 163 Å². The number of aromatic nitrogens is 4. The lowest BCUT2D eigenvalue weighted by molar-refractivity contribution is -0.156. The second kappa shape index (κ2) is 13.1. The number of esters is 1. The number of nitrogens with one attached hydrogen (secondary N) is 2. The quantitative estimate of drug-likeness (QED) is 0.275. The molecule has 0 spiro atoms. The van der Waals surface area contributed by atoms with Gasteiger partial charge in [-0.2, -0.15) is 4.98 Å². The summed E-state index contributed by atoms with van der Waals surface area (Å²) >= 11 is 0. The smallest absolute Gasteiger partial charge is 0.408 e. The summed E-state index contributed by atoms with van der Waals surface area (Å²) in [4.78, 5) is 50.1. The lowest BCUT2D eigenvalue weighted by Crippen LogP contribution is -2.60. The van der Waals surface area contributed by atoms with Crippen LogP contribution in [-0.2, 0) is 36.8 Å². The molecule has 2 amide bonds. The van der Waals surface area contributed by atoms with Crippen molar-refractivity contribution < 1.29 is 33.1 Å². The van der Waals surface area contributed by atoms with Crippen LogP contribution < -0.4 is 10.7 Å². The molecular formula is C37H45N7O7. The first-order valence-corrected chi connectivity index (χ1v) is 17.5. The molecule has 1 aromatic carbocycles. The number of ether oxygens (including phenoxy) is 3. The maximum Gasteiger partial charge on any atom is 0.408 e. The number of hydrazine groups is 1. The van der Waals surface area contributed by atoms with Gasteiger partial charge in [0.25, 0.3) is 11.8 Å². The highest BCUT2D eigenvalue weighted by atomic mass is 16.6. The number of methoxy groups -OCH3 is 1. The molecule has 5 heterocycles. The molecule has 14 nitrogen and oxygen atoms in total. The van der Waals surface area contributed by atoms with Crippen LogP contribution in [0.25, 0.3) is 33.6 Å². The van der Waals surface area contributed by atoms with Crippen LogP contribution >= 0.6 is 0 Å². The van der Waals surface area contributed by atoms with Gasteiger partial charge in [-0.3, -0.25) is 19.6 Å². The van der Waals surface area contributed by atoms with E-state index in [1.54, 1.807) is 34.1 Å². The fraction of sp³-hybridized carbons (Fsp3) is 0.514. The fourth-order valence-corrected chi connectivity index (χ4v) is 7.69. The molecule has 1 unspecified atom stereocenters. The standard InChI is InChI=1S/C37H45N7O7/c1-8-43-25-14-13-20-17-22(25)27-28(31(48-7)29-21(30(27)43)11-9-15-38-29)37(5,6)19-49-34(46)23-12-10-16-44(41-23)33(45)24(18-26-40-32(20)51-42-26)39-35(47)50-36(2,3)4/h9,11,13-15,17,23-24,28,31,41H,8,10,12,16,18-19H2,1-7H3,(H,39,47)/t23-,24-,28?,31-/m0/s1. The molecule has 0 saturated carbocycles. The molecule has 0 radical (unpaired) electrons. The summed E-state index contributed by atoms with van der Waals surface area (Å²) in [5.74, 6) is -0.714. The summed E-state index contributed by atoms with van der Waals surface area (Å²) in [6.07, 6.45) is 1.53. The van der Waals surface area contributed by atoms with Crippen LogP contribution in [0, 0.1) is 5.41 Å². The molecule has 2 N–H and O–H groups in total. The van der Waals surface area contributed by atoms with E-state index in [1.165, 1.54) is 5.01 Å². The highest BCUT2D eigenvalue weighted by Gasteiger charge is 2.47. The number of cyclic esters (lactones) is 1. The number of carbonyl (C=O) groups excluding carboxylic acids is 3. The molecular weight excluding hydrogens is 654 g/mol. The van der Waals surface area contributed by atoms with E-state index in [1.807, 2.05) is 24.3 Å². The second-order valence-electron chi connectivity index (χ2n) is 15.1. The molecule has 6 bridgehead atoms. The van der Waals surface area contributed by atoms with Crippen molar-refractivity contribution in [2.75, 3.05) is 20.3 Å². The van der Waals surface area contributed by atoms with Crippen LogP contribution in [-0.4, -0.2) is 80.6 Å². The first-order chi connectivity index (χ1) is 24.3. The molecule has 3 aromatic heterocycles. The van der Waals surface area contributed by atoms with E-state index >= 15 is 0 Å². The van der Waals surface area contributed by atoms with E-state index in [2.05, 4.69) is 52.3 Å². The van der Waals surface area contributed by atoms with Gasteiger partial charge in [-0.15, -0.1) is 0 Å². The van der Waals surface area contributed by atoms with Crippen LogP contribution in [0.4, 0.5) is 4.79 Å². The van der Waals surface area contributed by atoms with Gasteiger partial charge in [0.1, 0.15) is 23.8 Å². The summed E-state index contributed by atoms with van der Waals surface area (Å²) in [5.41, 5.74) is 7.27. The second-order valence-corrected chi connectivity index (χ2v) is 15.1. The maximum absolute atomic E-state index is 14.0. The summed E-state index contributed by atoms with van der Waals surface area (Å²) < 4.78 is 25.9. The van der Waals surface area contributed by atoms with E-state index in [9.17, 15) is 14.4 Å². The van der Waals surface area contributed by atoms with Crippen LogP contribution in [0.15, 0.2) is 41.1 Å². The minimum atomic E-state index is -1.11. The number of carbonyl (C=O) groups is 3. The van der Waals surface area contributed by atoms with Crippen LogP contribution in [0.5, 0.6) is 0 Å². The van der Waals surface area contributed by atoms with Crippen molar-refractivity contribution in [3.63, 3.8) is 0 Å². The first kappa shape index (κ1) is 34.6. The van der Waals surface area contributed by atoms with Crippen molar-refractivity contribution in [3.05, 3.63) is 53.6 Å². The largest absolute Gasteiger partial charge is 0.464 e. The van der Waals surface area contributed by atoms with Crippen LogP contribution in [0.3, 0.4) is 0 Å². The normalized spacial score (nSPS) is 23.3. The number of hydrogen-bond donors (Lipinski definition) is 2. The number of amides is 2. The van der Waals surface area contributed by atoms with Crippen molar-refractivity contribution in [2.45, 2.75) is 97.1 Å². The predicted molar refractivity (Wildman–Crippen MR) is 186 cm³/mol. The van der Waals surface area contributed by atoms with Gasteiger partial charge in [0.05, 0.1) is 18.0 Å². The Hall–Kier alpha value is -4.82. The molecule has 2 aliphatic heterocycles. The van der Waals surface area contributed by atoms with Gasteiger partial charge in [-0.25, -0.2) is 10.2 Å². The van der Waals surface area contributed by atoms with Gasteiger partial charge in [-0.1, -0.05) is 19.0 Å². The Balaban J connectivity index is 1.39. The highest BCUT2D eigenvalue weighted by Crippen LogP contribution is 2.57. The van der Waals surface area contributed by atoms with E-state index in [0.29, 0.717) is 31.5 Å². The van der Waals surface area contributed by atoms with Crippen molar-refractivity contribution in [3.8, 4) is 22.7 Å². The molecule has 270 valence electrons. The molecule has 7 rings (SSSR count). The minimum Gasteiger partial charge on any atom is -0.464 e. The van der Waals surface area contributed by atoms with E-state index in [4.69, 9.17) is 23.7 Å². The van der Waals surface area contributed by atoms with Gasteiger partial charge in [0.2, 0.25) is 0 Å². The summed E-state index contributed by atoms with van der Waals surface area (Å²) in [7, 11) is 1.69. The first-order valence-electron chi connectivity index (χ1n) is 17.5. The van der Waals surface area contributed by atoms with Gasteiger partial charge in [0.15, 0.2) is 5.82 Å². The van der Waals surface area contributed by atoms with Crippen molar-refractivity contribution in [1.82, 2.24) is 35.4 Å². The predicted octanol–water partition coefficient (Wildman–Crippen LogP) is 5.07. The Kier molecular flexibility index (Phi) is 8.86. The highest BCUT2D eigenvalue weighted by molar-refractivity contribution is 5.96. The fourth-order valence-electron chi connectivity index (χ4n) is 7.69. The van der Waals surface area contributed by atoms with E-state index in [0.717, 1.165) is 33.4 Å². The van der Waals surface area contributed by atoms with Crippen molar-refractivity contribution in [2.24, 2.45) is 5.41 Å². The number of rotatable bonds is 3. The Morgan fingerprint density at radius 1 is 1.20 bits per heavy atom. The zero-order chi connectivity index (χ0) is 36.2. The molecule has 4 aromatic rings. The molecule has 4 atom stereocenters. The Morgan fingerprint density at radius 3 is 2.75 bits per heavy atom. The maximum atomic E-state index is 14.0. The molecule has 1 aliphatic carbocycles. The zero-order valence-electron chi connectivity index (χ0n) is 30.1. The third kappa shape index (κ3) is 6.35. The number of alkyl carbamates (subject to hydrolysis) is 1. The third-order valence-corrected chi connectivity index (χ3v) is 9.91. The summed E-state index contributed by atoms with van der Waals surface area (Å²) in [6.45, 7) is 12.6. The monoisotopic (exact) mass is 699 g/mol. The number of hydrogen-bond acceptors (Lipinski definition) is 11. The average molecular weight is 700 g/mol. The number of nitrogens with zero attached hydrogens (tertiary/aromatic N) is 5. The molecule has 14 heteroatoms. The molecule has 51 heavy (non-hydrogen) atoms. The lowest BCUT2D eigenvalue weighted by Gasteiger charge is -2.42. The number of aryl methyl sites for hydroxylation is 1. The van der Waals surface area contributed by atoms with E-state index in [-0.39, 0.29) is 30.7 Å². The summed E-state index contributed by atoms with van der Waals surface area (Å²) in [6, 6.07) is 8.16. The Labute approximate surface area is 296 Å². The van der Waals surface area contributed by atoms with Gasteiger partial charge < -0.3 is 28.6 Å². The minimum absolute atomic E-state index is 0.0751. The van der Waals surface area contributed by atoms with Gasteiger partial charge in [-0.05, 0) is 76.4 Å². The lowest BCUT2D eigenvalue weighted by atomic mass is 9.67. The van der Waals surface area contributed by atoms with Gasteiger partial charge >= 0.3 is 12.1 Å². The SMILES string of the molecule is CCn1c2c3c4cc(ccc41)-c1nc(no1)C[C@H](NC(=O)OC(C)(C)C)C(=O)N1CCC[C@H](N1)C(=O)OCC(C)(C)C3[C@H](OC)c1ncccc1-2. The van der Waals surface area contributed by atoms with E-state index < -0.39 is 47.2 Å². The van der Waals surface area contributed by atoms with Gasteiger partial charge in [0, 0.05) is 66.2 Å². The zero-order valence-corrected chi connectivity index (χ0v) is 30.1. The van der Waals surface area contributed by atoms with Crippen LogP contribution in [0.2, 0.25) is 0 Å².